The molecule has 0 bridgehead atoms. The lowest BCUT2D eigenvalue weighted by molar-refractivity contribution is 0.650. The van der Waals surface area contributed by atoms with E-state index in [0.29, 0.717) is 11.7 Å². The van der Waals surface area contributed by atoms with E-state index in [1.165, 1.54) is 6.33 Å². The van der Waals surface area contributed by atoms with Crippen LogP contribution in [0.2, 0.25) is 0 Å². The molecule has 74 valence electrons. The summed E-state index contributed by atoms with van der Waals surface area (Å²) in [5.41, 5.74) is 6.48. The normalized spacial score (nSPS) is 13.3. The van der Waals surface area contributed by atoms with Crippen LogP contribution in [0, 0.1) is 0 Å². The quantitative estimate of drug-likeness (QED) is 0.774. The molecule has 14 heavy (non-hydrogen) atoms. The van der Waals surface area contributed by atoms with Crippen molar-refractivity contribution < 1.29 is 0 Å². The van der Waals surface area contributed by atoms with Gasteiger partial charge in [-0.2, -0.15) is 5.10 Å². The molecule has 1 atom stereocenters. The Morgan fingerprint density at radius 1 is 1.50 bits per heavy atom. The van der Waals surface area contributed by atoms with Crippen molar-refractivity contribution >= 4 is 11.3 Å². The lowest BCUT2D eigenvalue weighted by Gasteiger charge is -2.05. The first-order valence-electron chi connectivity index (χ1n) is 4.68. The summed E-state index contributed by atoms with van der Waals surface area (Å²) in [6, 6.07) is 0. The van der Waals surface area contributed by atoms with Crippen molar-refractivity contribution in [1.82, 2.24) is 19.6 Å². The van der Waals surface area contributed by atoms with Gasteiger partial charge in [-0.1, -0.05) is 13.8 Å². The summed E-state index contributed by atoms with van der Waals surface area (Å²) in [6.45, 7) is 4.24. The number of hydrogen-bond acceptors (Lipinski definition) is 4. The zero-order valence-corrected chi connectivity index (χ0v) is 8.31. The number of rotatable bonds is 2. The molecule has 0 aliphatic carbocycles. The first kappa shape index (κ1) is 8.93. The van der Waals surface area contributed by atoms with Crippen LogP contribution in [-0.4, -0.2) is 19.6 Å². The Kier molecular flexibility index (Phi) is 2.07. The van der Waals surface area contributed by atoms with Crippen LogP contribution in [0.3, 0.4) is 0 Å². The van der Waals surface area contributed by atoms with Crippen LogP contribution in [0.5, 0.6) is 0 Å². The second kappa shape index (κ2) is 3.25. The Hall–Kier alpha value is -1.65. The number of nitrogen functional groups attached to an aromatic ring is 1. The topological polar surface area (TPSA) is 69.1 Å². The van der Waals surface area contributed by atoms with E-state index in [0.717, 1.165) is 17.8 Å². The fraction of sp³-hybridized carbons (Fsp3) is 0.444. The monoisotopic (exact) mass is 191 g/mol. The van der Waals surface area contributed by atoms with Crippen LogP contribution in [0.25, 0.3) is 5.52 Å². The number of aromatic nitrogens is 4. The first-order chi connectivity index (χ1) is 6.74. The molecule has 2 heterocycles. The Morgan fingerprint density at radius 3 is 3.00 bits per heavy atom. The van der Waals surface area contributed by atoms with E-state index in [2.05, 4.69) is 28.9 Å². The van der Waals surface area contributed by atoms with Crippen molar-refractivity contribution in [2.45, 2.75) is 26.2 Å². The van der Waals surface area contributed by atoms with Gasteiger partial charge in [-0.05, 0) is 6.42 Å². The minimum Gasteiger partial charge on any atom is -0.382 e. The molecule has 0 amide bonds. The Bertz CT molecular complexity index is 447. The van der Waals surface area contributed by atoms with Gasteiger partial charge in [0.25, 0.3) is 0 Å². The zero-order valence-electron chi connectivity index (χ0n) is 8.31. The Morgan fingerprint density at radius 2 is 2.29 bits per heavy atom. The lowest BCUT2D eigenvalue weighted by Crippen LogP contribution is -2.04. The summed E-state index contributed by atoms with van der Waals surface area (Å²) in [5, 5.41) is 4.13. The second-order valence-corrected chi connectivity index (χ2v) is 3.37. The van der Waals surface area contributed by atoms with Crippen LogP contribution in [0.15, 0.2) is 12.5 Å². The molecule has 2 N–H and O–H groups in total. The summed E-state index contributed by atoms with van der Waals surface area (Å²) < 4.78 is 1.76. The average Bonchev–Trinajstić information content (AvgIpc) is 2.62. The molecule has 0 spiro atoms. The fourth-order valence-corrected chi connectivity index (χ4v) is 1.38. The summed E-state index contributed by atoms with van der Waals surface area (Å²) in [4.78, 5) is 8.22. The van der Waals surface area contributed by atoms with Crippen molar-refractivity contribution in [3.05, 3.63) is 18.3 Å². The molecule has 0 aliphatic heterocycles. The number of nitrogens with two attached hydrogens (primary N) is 1. The van der Waals surface area contributed by atoms with Crippen LogP contribution < -0.4 is 5.73 Å². The van der Waals surface area contributed by atoms with Gasteiger partial charge in [0.05, 0.1) is 6.20 Å². The second-order valence-electron chi connectivity index (χ2n) is 3.37. The van der Waals surface area contributed by atoms with Gasteiger partial charge < -0.3 is 5.73 Å². The molecule has 1 unspecified atom stereocenters. The highest BCUT2D eigenvalue weighted by atomic mass is 15.3. The van der Waals surface area contributed by atoms with Gasteiger partial charge in [0.1, 0.15) is 17.7 Å². The van der Waals surface area contributed by atoms with E-state index in [1.807, 2.05) is 0 Å². The number of anilines is 1. The summed E-state index contributed by atoms with van der Waals surface area (Å²) in [5.74, 6) is 1.80. The number of fused-ring (bicyclic) bond motifs is 1. The fourth-order valence-electron chi connectivity index (χ4n) is 1.38. The molecule has 5 nitrogen and oxygen atoms in total. The van der Waals surface area contributed by atoms with E-state index in [1.54, 1.807) is 10.7 Å². The molecule has 0 saturated heterocycles. The Labute approximate surface area is 82.0 Å². The molecule has 2 rings (SSSR count). The van der Waals surface area contributed by atoms with Gasteiger partial charge >= 0.3 is 0 Å². The van der Waals surface area contributed by atoms with E-state index in [-0.39, 0.29) is 0 Å². The third-order valence-electron chi connectivity index (χ3n) is 2.44. The maximum absolute atomic E-state index is 5.70. The largest absolute Gasteiger partial charge is 0.382 e. The standard InChI is InChI=1S/C9H13N5/c1-3-6(2)9-11-4-7-8(10)12-5-13-14(7)9/h4-6H,3H2,1-2H3,(H2,10,12,13). The molecular formula is C9H13N5. The van der Waals surface area contributed by atoms with Gasteiger partial charge in [-0.3, -0.25) is 0 Å². The van der Waals surface area contributed by atoms with Crippen molar-refractivity contribution in [3.63, 3.8) is 0 Å². The van der Waals surface area contributed by atoms with E-state index in [9.17, 15) is 0 Å². The van der Waals surface area contributed by atoms with Crippen molar-refractivity contribution in [1.29, 1.82) is 0 Å². The summed E-state index contributed by atoms with van der Waals surface area (Å²) in [6.07, 6.45) is 4.20. The van der Waals surface area contributed by atoms with Crippen LogP contribution >= 0.6 is 0 Å². The van der Waals surface area contributed by atoms with Gasteiger partial charge in [-0.25, -0.2) is 14.5 Å². The average molecular weight is 191 g/mol. The molecule has 0 fully saturated rings. The van der Waals surface area contributed by atoms with Gasteiger partial charge in [0, 0.05) is 5.92 Å². The molecular weight excluding hydrogens is 178 g/mol. The van der Waals surface area contributed by atoms with E-state index >= 15 is 0 Å². The third-order valence-corrected chi connectivity index (χ3v) is 2.44. The minimum absolute atomic E-state index is 0.381. The molecule has 2 aromatic heterocycles. The zero-order chi connectivity index (χ0) is 10.1. The molecule has 0 aromatic carbocycles. The Balaban J connectivity index is 2.63. The highest BCUT2D eigenvalue weighted by molar-refractivity contribution is 5.63. The first-order valence-corrected chi connectivity index (χ1v) is 4.68. The summed E-state index contributed by atoms with van der Waals surface area (Å²) in [7, 11) is 0. The molecule has 2 aromatic rings. The maximum Gasteiger partial charge on any atom is 0.153 e. The number of nitrogens with zero attached hydrogens (tertiary/aromatic N) is 4. The van der Waals surface area contributed by atoms with E-state index < -0.39 is 0 Å². The number of hydrogen-bond donors (Lipinski definition) is 1. The highest BCUT2D eigenvalue weighted by Crippen LogP contribution is 2.19. The van der Waals surface area contributed by atoms with Crippen LogP contribution in [0.1, 0.15) is 32.0 Å². The summed E-state index contributed by atoms with van der Waals surface area (Å²) >= 11 is 0. The smallest absolute Gasteiger partial charge is 0.153 e. The lowest BCUT2D eigenvalue weighted by atomic mass is 10.1. The van der Waals surface area contributed by atoms with Crippen LogP contribution in [-0.2, 0) is 0 Å². The van der Waals surface area contributed by atoms with Crippen molar-refractivity contribution in [2.75, 3.05) is 5.73 Å². The van der Waals surface area contributed by atoms with Gasteiger partial charge in [0.2, 0.25) is 0 Å². The van der Waals surface area contributed by atoms with Gasteiger partial charge in [0.15, 0.2) is 5.82 Å². The van der Waals surface area contributed by atoms with Gasteiger partial charge in [-0.15, -0.1) is 0 Å². The molecule has 0 aliphatic rings. The molecule has 0 saturated carbocycles. The minimum atomic E-state index is 0.381. The molecule has 0 radical (unpaired) electrons. The maximum atomic E-state index is 5.70. The van der Waals surface area contributed by atoms with Crippen LogP contribution in [0.4, 0.5) is 5.82 Å². The SMILES string of the molecule is CCC(C)c1ncc2c(N)ncnn12. The predicted molar refractivity (Wildman–Crippen MR) is 53.9 cm³/mol. The van der Waals surface area contributed by atoms with Crippen molar-refractivity contribution in [3.8, 4) is 0 Å². The van der Waals surface area contributed by atoms with Crippen molar-refractivity contribution in [2.24, 2.45) is 0 Å². The molecule has 5 heteroatoms. The van der Waals surface area contributed by atoms with E-state index in [4.69, 9.17) is 5.73 Å². The third kappa shape index (κ3) is 1.21. The predicted octanol–water partition coefficient (Wildman–Crippen LogP) is 1.22. The number of imidazole rings is 1. The highest BCUT2D eigenvalue weighted by Gasteiger charge is 2.12.